The summed E-state index contributed by atoms with van der Waals surface area (Å²) >= 11 is 0. The van der Waals surface area contributed by atoms with E-state index in [-0.39, 0.29) is 5.91 Å². The van der Waals surface area contributed by atoms with Crippen LogP contribution in [0.3, 0.4) is 0 Å². The molecule has 2 aromatic carbocycles. The van der Waals surface area contributed by atoms with Crippen LogP contribution in [0.4, 0.5) is 0 Å². The molecule has 0 aliphatic carbocycles. The predicted octanol–water partition coefficient (Wildman–Crippen LogP) is 5.04. The lowest BCUT2D eigenvalue weighted by Gasteiger charge is -2.14. The minimum absolute atomic E-state index is 0.193. The highest BCUT2D eigenvalue weighted by Crippen LogP contribution is 2.32. The Balaban J connectivity index is 1.58. The topological polar surface area (TPSA) is 112 Å². The maximum atomic E-state index is 12.9. The van der Waals surface area contributed by atoms with E-state index >= 15 is 0 Å². The van der Waals surface area contributed by atoms with Crippen molar-refractivity contribution in [2.45, 2.75) is 13.8 Å². The molecule has 4 rings (SSSR count). The Bertz CT molecular complexity index is 1550. The SMILES string of the molecule is C=C/C=C(\C=C/C)CNC(=O)c1cccc(Oc2ccnc3cc(-n4cc(C(N)=O)cn4)ccc23)c1C. The first kappa shape index (κ1) is 25.1. The third kappa shape index (κ3) is 5.65. The van der Waals surface area contributed by atoms with Crippen molar-refractivity contribution in [2.75, 3.05) is 6.54 Å². The van der Waals surface area contributed by atoms with Gasteiger partial charge in [-0.3, -0.25) is 14.6 Å². The van der Waals surface area contributed by atoms with Gasteiger partial charge in [-0.15, -0.1) is 0 Å². The number of carbonyl (C=O) groups excluding carboxylic acids is 2. The van der Waals surface area contributed by atoms with Crippen LogP contribution in [0.25, 0.3) is 16.6 Å². The van der Waals surface area contributed by atoms with Gasteiger partial charge in [0.1, 0.15) is 11.5 Å². The maximum absolute atomic E-state index is 12.9. The molecule has 8 heteroatoms. The van der Waals surface area contributed by atoms with Gasteiger partial charge in [0, 0.05) is 35.5 Å². The molecule has 0 spiro atoms. The number of rotatable bonds is 9. The number of allylic oxidation sites excluding steroid dienone is 3. The van der Waals surface area contributed by atoms with Gasteiger partial charge in [0.15, 0.2) is 0 Å². The highest BCUT2D eigenvalue weighted by atomic mass is 16.5. The summed E-state index contributed by atoms with van der Waals surface area (Å²) in [6.45, 7) is 7.88. The lowest BCUT2D eigenvalue weighted by Crippen LogP contribution is -2.26. The van der Waals surface area contributed by atoms with Crippen molar-refractivity contribution in [2.24, 2.45) is 5.73 Å². The molecule has 3 N–H and O–H groups in total. The fraction of sp³-hybridized carbons (Fsp3) is 0.103. The molecule has 0 aliphatic rings. The molecule has 0 saturated carbocycles. The van der Waals surface area contributed by atoms with Crippen LogP contribution in [-0.4, -0.2) is 33.1 Å². The van der Waals surface area contributed by atoms with Gasteiger partial charge in [0.05, 0.1) is 23.0 Å². The molecule has 0 saturated heterocycles. The van der Waals surface area contributed by atoms with Crippen LogP contribution in [0.2, 0.25) is 0 Å². The van der Waals surface area contributed by atoms with Crippen LogP contribution in [0.15, 0.2) is 97.5 Å². The van der Waals surface area contributed by atoms with Gasteiger partial charge in [-0.25, -0.2) is 4.68 Å². The lowest BCUT2D eigenvalue weighted by molar-refractivity contribution is 0.0955. The molecule has 4 aromatic rings. The van der Waals surface area contributed by atoms with E-state index in [0.29, 0.717) is 34.7 Å². The molecule has 0 radical (unpaired) electrons. The fourth-order valence-corrected chi connectivity index (χ4v) is 3.84. The fourth-order valence-electron chi connectivity index (χ4n) is 3.84. The van der Waals surface area contributed by atoms with Crippen molar-refractivity contribution in [3.05, 3.63) is 114 Å². The molecule has 37 heavy (non-hydrogen) atoms. The third-order valence-corrected chi connectivity index (χ3v) is 5.73. The number of aromatic nitrogens is 3. The first-order chi connectivity index (χ1) is 17.9. The Morgan fingerprint density at radius 1 is 1.19 bits per heavy atom. The van der Waals surface area contributed by atoms with E-state index in [1.807, 2.05) is 56.3 Å². The van der Waals surface area contributed by atoms with Crippen molar-refractivity contribution >= 4 is 22.7 Å². The van der Waals surface area contributed by atoms with Crippen molar-refractivity contribution in [1.29, 1.82) is 0 Å². The first-order valence-electron chi connectivity index (χ1n) is 11.6. The number of hydrogen-bond donors (Lipinski definition) is 2. The zero-order chi connectivity index (χ0) is 26.4. The van der Waals surface area contributed by atoms with Gasteiger partial charge in [-0.05, 0) is 55.8 Å². The molecule has 0 atom stereocenters. The van der Waals surface area contributed by atoms with E-state index in [1.54, 1.807) is 41.4 Å². The van der Waals surface area contributed by atoms with Crippen LogP contribution < -0.4 is 15.8 Å². The molecule has 2 heterocycles. The number of primary amides is 1. The quantitative estimate of drug-likeness (QED) is 0.317. The summed E-state index contributed by atoms with van der Waals surface area (Å²) in [4.78, 5) is 28.8. The monoisotopic (exact) mass is 493 g/mol. The van der Waals surface area contributed by atoms with Crippen LogP contribution >= 0.6 is 0 Å². The number of hydrogen-bond acceptors (Lipinski definition) is 5. The van der Waals surface area contributed by atoms with E-state index in [4.69, 9.17) is 10.5 Å². The highest BCUT2D eigenvalue weighted by Gasteiger charge is 2.15. The third-order valence-electron chi connectivity index (χ3n) is 5.73. The van der Waals surface area contributed by atoms with Gasteiger partial charge in [0.25, 0.3) is 11.8 Å². The average molecular weight is 494 g/mol. The molecule has 0 unspecified atom stereocenters. The molecule has 0 fully saturated rings. The number of carbonyl (C=O) groups is 2. The van der Waals surface area contributed by atoms with E-state index < -0.39 is 5.91 Å². The molecular formula is C29H27N5O3. The summed E-state index contributed by atoms with van der Waals surface area (Å²) in [7, 11) is 0. The summed E-state index contributed by atoms with van der Waals surface area (Å²) in [5.41, 5.74) is 9.25. The number of nitrogens with one attached hydrogen (secondary N) is 1. The van der Waals surface area contributed by atoms with E-state index in [1.165, 1.54) is 6.20 Å². The van der Waals surface area contributed by atoms with Crippen LogP contribution in [-0.2, 0) is 0 Å². The molecule has 8 nitrogen and oxygen atoms in total. The molecule has 186 valence electrons. The van der Waals surface area contributed by atoms with Gasteiger partial charge >= 0.3 is 0 Å². The standard InChI is InChI=1S/C29H27N5O3/c1-4-7-20(8-5-2)16-32-29(36)23-9-6-10-26(19(23)3)37-27-13-14-31-25-15-22(11-12-24(25)27)34-18-21(17-33-34)28(30)35/h4-15,17-18H,1,16H2,2-3H3,(H2,30,35)(H,32,36)/b8-5-,20-7+. The largest absolute Gasteiger partial charge is 0.456 e. The normalized spacial score (nSPS) is 11.6. The second-order valence-corrected chi connectivity index (χ2v) is 8.24. The Kier molecular flexibility index (Phi) is 7.59. The molecule has 2 aromatic heterocycles. The minimum atomic E-state index is -0.543. The van der Waals surface area contributed by atoms with E-state index in [0.717, 1.165) is 22.2 Å². The number of nitrogens with two attached hydrogens (primary N) is 1. The second-order valence-electron chi connectivity index (χ2n) is 8.24. The number of fused-ring (bicyclic) bond motifs is 1. The number of amides is 2. The van der Waals surface area contributed by atoms with Gasteiger partial charge in [-0.2, -0.15) is 5.10 Å². The number of pyridine rings is 1. The van der Waals surface area contributed by atoms with Gasteiger partial charge < -0.3 is 15.8 Å². The van der Waals surface area contributed by atoms with E-state index in [2.05, 4.69) is 22.0 Å². The average Bonchev–Trinajstić information content (AvgIpc) is 3.39. The zero-order valence-corrected chi connectivity index (χ0v) is 20.6. The maximum Gasteiger partial charge on any atom is 0.251 e. The molecule has 2 amide bonds. The minimum Gasteiger partial charge on any atom is -0.456 e. The summed E-state index contributed by atoms with van der Waals surface area (Å²) in [6, 6.07) is 12.7. The Morgan fingerprint density at radius 3 is 2.76 bits per heavy atom. The number of nitrogens with zero attached hydrogens (tertiary/aromatic N) is 3. The predicted molar refractivity (Wildman–Crippen MR) is 144 cm³/mol. The van der Waals surface area contributed by atoms with Crippen molar-refractivity contribution in [1.82, 2.24) is 20.1 Å². The van der Waals surface area contributed by atoms with Crippen LogP contribution in [0.5, 0.6) is 11.5 Å². The highest BCUT2D eigenvalue weighted by molar-refractivity contribution is 5.96. The molecule has 0 aliphatic heterocycles. The summed E-state index contributed by atoms with van der Waals surface area (Å²) in [5, 5.41) is 7.93. The molecular weight excluding hydrogens is 466 g/mol. The zero-order valence-electron chi connectivity index (χ0n) is 20.6. The summed E-state index contributed by atoms with van der Waals surface area (Å²) in [5.74, 6) is 0.428. The Morgan fingerprint density at radius 2 is 2.03 bits per heavy atom. The second kappa shape index (κ2) is 11.2. The summed E-state index contributed by atoms with van der Waals surface area (Å²) in [6.07, 6.45) is 12.0. The van der Waals surface area contributed by atoms with Crippen molar-refractivity contribution in [3.63, 3.8) is 0 Å². The summed E-state index contributed by atoms with van der Waals surface area (Å²) < 4.78 is 7.82. The van der Waals surface area contributed by atoms with E-state index in [9.17, 15) is 9.59 Å². The van der Waals surface area contributed by atoms with Crippen molar-refractivity contribution in [3.8, 4) is 17.2 Å². The van der Waals surface area contributed by atoms with Crippen molar-refractivity contribution < 1.29 is 14.3 Å². The molecule has 0 bridgehead atoms. The Hall–Kier alpha value is -4.98. The first-order valence-corrected chi connectivity index (χ1v) is 11.6. The van der Waals surface area contributed by atoms with Gasteiger partial charge in [0.2, 0.25) is 0 Å². The number of benzene rings is 2. The number of ether oxygens (including phenoxy) is 1. The van der Waals surface area contributed by atoms with Gasteiger partial charge in [-0.1, -0.05) is 36.9 Å². The smallest absolute Gasteiger partial charge is 0.251 e. The lowest BCUT2D eigenvalue weighted by atomic mass is 10.1. The van der Waals surface area contributed by atoms with Crippen LogP contribution in [0.1, 0.15) is 33.2 Å². The Labute approximate surface area is 214 Å². The van der Waals surface area contributed by atoms with Crippen LogP contribution in [0, 0.1) is 6.92 Å².